The third kappa shape index (κ3) is 4.65. The van der Waals surface area contributed by atoms with Gasteiger partial charge in [-0.2, -0.15) is 0 Å². The van der Waals surface area contributed by atoms with E-state index in [1.54, 1.807) is 31.0 Å². The number of amides is 1. The van der Waals surface area contributed by atoms with Crippen LogP contribution in [0.4, 0.5) is 0 Å². The van der Waals surface area contributed by atoms with Crippen molar-refractivity contribution in [3.05, 3.63) is 42.0 Å². The highest BCUT2D eigenvalue weighted by atomic mass is 35.7. The molecule has 1 amide bonds. The molecule has 0 unspecified atom stereocenters. The Morgan fingerprint density at radius 3 is 2.60 bits per heavy atom. The van der Waals surface area contributed by atoms with E-state index < -0.39 is 9.05 Å². The molecule has 0 aliphatic rings. The molecule has 1 aromatic rings. The van der Waals surface area contributed by atoms with Crippen molar-refractivity contribution < 1.29 is 13.2 Å². The average molecular weight is 316 g/mol. The Kier molecular flexibility index (Phi) is 5.77. The van der Waals surface area contributed by atoms with Crippen molar-refractivity contribution in [3.8, 4) is 0 Å². The van der Waals surface area contributed by atoms with E-state index in [2.05, 4.69) is 6.58 Å². The third-order valence-corrected chi connectivity index (χ3v) is 4.16. The second-order valence-corrected chi connectivity index (χ2v) is 7.20. The van der Waals surface area contributed by atoms with E-state index in [1.807, 2.05) is 0 Å². The number of carbonyl (C=O) groups excluding carboxylic acids is 1. The van der Waals surface area contributed by atoms with Crippen LogP contribution in [0.2, 0.25) is 0 Å². The van der Waals surface area contributed by atoms with Gasteiger partial charge in [0, 0.05) is 29.8 Å². The van der Waals surface area contributed by atoms with E-state index >= 15 is 0 Å². The van der Waals surface area contributed by atoms with Crippen LogP contribution >= 0.6 is 10.7 Å². The monoisotopic (exact) mass is 315 g/mol. The standard InChI is InChI=1S/C14H18ClNO3S/c1-4-5-6-7-16(3)14(17)12-8-11(2)9-13(10-12)20(15,18)19/h4,8-10H,1,5-7H2,2-3H3. The number of benzene rings is 1. The molecule has 0 saturated heterocycles. The zero-order valence-electron chi connectivity index (χ0n) is 11.6. The molecule has 4 nitrogen and oxygen atoms in total. The maximum Gasteiger partial charge on any atom is 0.261 e. The molecule has 1 rings (SSSR count). The molecule has 0 radical (unpaired) electrons. The van der Waals surface area contributed by atoms with E-state index in [4.69, 9.17) is 10.7 Å². The third-order valence-electron chi connectivity index (χ3n) is 2.83. The highest BCUT2D eigenvalue weighted by molar-refractivity contribution is 8.13. The molecule has 0 saturated carbocycles. The second-order valence-electron chi connectivity index (χ2n) is 4.63. The Balaban J connectivity index is 2.98. The maximum atomic E-state index is 12.2. The summed E-state index contributed by atoms with van der Waals surface area (Å²) < 4.78 is 22.7. The number of unbranched alkanes of at least 4 members (excludes halogenated alkanes) is 1. The van der Waals surface area contributed by atoms with Crippen molar-refractivity contribution in [2.75, 3.05) is 13.6 Å². The van der Waals surface area contributed by atoms with E-state index in [1.165, 1.54) is 12.1 Å². The first-order valence-electron chi connectivity index (χ1n) is 6.18. The molecule has 0 aromatic heterocycles. The topological polar surface area (TPSA) is 54.5 Å². The Labute approximate surface area is 124 Å². The van der Waals surface area contributed by atoms with Gasteiger partial charge in [0.25, 0.3) is 15.0 Å². The number of rotatable bonds is 6. The molecule has 0 spiro atoms. The number of aryl methyl sites for hydroxylation is 1. The highest BCUT2D eigenvalue weighted by Gasteiger charge is 2.17. The van der Waals surface area contributed by atoms with Gasteiger partial charge in [-0.1, -0.05) is 6.08 Å². The van der Waals surface area contributed by atoms with Gasteiger partial charge in [0.2, 0.25) is 0 Å². The van der Waals surface area contributed by atoms with Crippen LogP contribution in [0.25, 0.3) is 0 Å². The molecule has 110 valence electrons. The van der Waals surface area contributed by atoms with E-state index in [9.17, 15) is 13.2 Å². The largest absolute Gasteiger partial charge is 0.342 e. The van der Waals surface area contributed by atoms with Crippen LogP contribution in [0.5, 0.6) is 0 Å². The van der Waals surface area contributed by atoms with Crippen molar-refractivity contribution in [3.63, 3.8) is 0 Å². The molecule has 0 aliphatic carbocycles. The molecule has 0 aliphatic heterocycles. The van der Waals surface area contributed by atoms with Crippen LogP contribution in [0.1, 0.15) is 28.8 Å². The minimum atomic E-state index is -3.84. The average Bonchev–Trinajstić information content (AvgIpc) is 2.36. The van der Waals surface area contributed by atoms with E-state index in [0.29, 0.717) is 17.7 Å². The predicted molar refractivity (Wildman–Crippen MR) is 80.6 cm³/mol. The number of hydrogen-bond donors (Lipinski definition) is 0. The van der Waals surface area contributed by atoms with Crippen molar-refractivity contribution in [2.24, 2.45) is 0 Å². The molecule has 20 heavy (non-hydrogen) atoms. The van der Waals surface area contributed by atoms with Crippen molar-refractivity contribution in [2.45, 2.75) is 24.7 Å². The fraction of sp³-hybridized carbons (Fsp3) is 0.357. The summed E-state index contributed by atoms with van der Waals surface area (Å²) in [7, 11) is 3.17. The summed E-state index contributed by atoms with van der Waals surface area (Å²) in [4.78, 5) is 13.7. The first-order valence-corrected chi connectivity index (χ1v) is 8.49. The fourth-order valence-corrected chi connectivity index (χ4v) is 2.67. The maximum absolute atomic E-state index is 12.2. The molecule has 0 fully saturated rings. The van der Waals surface area contributed by atoms with Crippen LogP contribution in [0.3, 0.4) is 0 Å². The summed E-state index contributed by atoms with van der Waals surface area (Å²) in [5, 5.41) is 0. The van der Waals surface area contributed by atoms with Crippen molar-refractivity contribution >= 4 is 25.6 Å². The lowest BCUT2D eigenvalue weighted by molar-refractivity contribution is 0.0793. The Morgan fingerprint density at radius 2 is 2.05 bits per heavy atom. The number of hydrogen-bond acceptors (Lipinski definition) is 3. The smallest absolute Gasteiger partial charge is 0.261 e. The van der Waals surface area contributed by atoms with Crippen molar-refractivity contribution in [1.82, 2.24) is 4.90 Å². The molecule has 0 atom stereocenters. The summed E-state index contributed by atoms with van der Waals surface area (Å²) in [5.41, 5.74) is 1.000. The number of halogens is 1. The lowest BCUT2D eigenvalue weighted by Gasteiger charge is -2.17. The Bertz CT molecular complexity index is 611. The molecular weight excluding hydrogens is 298 g/mol. The zero-order chi connectivity index (χ0) is 15.3. The first kappa shape index (κ1) is 16.7. The van der Waals surface area contributed by atoms with Crippen LogP contribution in [-0.2, 0) is 9.05 Å². The molecule has 6 heteroatoms. The summed E-state index contributed by atoms with van der Waals surface area (Å²) in [6.07, 6.45) is 3.44. The van der Waals surface area contributed by atoms with Crippen LogP contribution in [-0.4, -0.2) is 32.8 Å². The van der Waals surface area contributed by atoms with Gasteiger partial charge in [0.15, 0.2) is 0 Å². The zero-order valence-corrected chi connectivity index (χ0v) is 13.2. The SMILES string of the molecule is C=CCCCN(C)C(=O)c1cc(C)cc(S(=O)(=O)Cl)c1. The van der Waals surface area contributed by atoms with E-state index in [-0.39, 0.29) is 10.8 Å². The highest BCUT2D eigenvalue weighted by Crippen LogP contribution is 2.19. The minimum Gasteiger partial charge on any atom is -0.342 e. The van der Waals surface area contributed by atoms with Gasteiger partial charge < -0.3 is 4.90 Å². The van der Waals surface area contributed by atoms with Gasteiger partial charge in [-0.3, -0.25) is 4.79 Å². The van der Waals surface area contributed by atoms with Gasteiger partial charge in [0.05, 0.1) is 4.90 Å². The summed E-state index contributed by atoms with van der Waals surface area (Å²) in [5.74, 6) is -0.223. The Morgan fingerprint density at radius 1 is 1.40 bits per heavy atom. The molecule has 0 N–H and O–H groups in total. The summed E-state index contributed by atoms with van der Waals surface area (Å²) in [6.45, 7) is 5.93. The first-order chi connectivity index (χ1) is 9.25. The normalized spacial score (nSPS) is 11.2. The summed E-state index contributed by atoms with van der Waals surface area (Å²) in [6, 6.07) is 4.40. The number of allylic oxidation sites excluding steroid dienone is 1. The Hall–Kier alpha value is -1.33. The molecule has 0 heterocycles. The molecule has 0 bridgehead atoms. The van der Waals surface area contributed by atoms with Gasteiger partial charge in [-0.05, 0) is 43.5 Å². The number of carbonyl (C=O) groups is 1. The van der Waals surface area contributed by atoms with Gasteiger partial charge >= 0.3 is 0 Å². The molecular formula is C14H18ClNO3S. The van der Waals surface area contributed by atoms with Crippen LogP contribution in [0, 0.1) is 6.92 Å². The predicted octanol–water partition coefficient (Wildman–Crippen LogP) is 2.96. The fourth-order valence-electron chi connectivity index (χ4n) is 1.81. The van der Waals surface area contributed by atoms with Crippen LogP contribution in [0.15, 0.2) is 35.7 Å². The lowest BCUT2D eigenvalue weighted by atomic mass is 10.1. The van der Waals surface area contributed by atoms with Crippen LogP contribution < -0.4 is 0 Å². The van der Waals surface area contributed by atoms with Gasteiger partial charge in [-0.15, -0.1) is 6.58 Å². The second kappa shape index (κ2) is 6.90. The van der Waals surface area contributed by atoms with Gasteiger partial charge in [-0.25, -0.2) is 8.42 Å². The quantitative estimate of drug-likeness (QED) is 0.461. The minimum absolute atomic E-state index is 0.0537. The molecule has 1 aromatic carbocycles. The number of nitrogens with zero attached hydrogens (tertiary/aromatic N) is 1. The summed E-state index contributed by atoms with van der Waals surface area (Å²) >= 11 is 0. The lowest BCUT2D eigenvalue weighted by Crippen LogP contribution is -2.27. The van der Waals surface area contributed by atoms with Crippen molar-refractivity contribution in [1.29, 1.82) is 0 Å². The van der Waals surface area contributed by atoms with E-state index in [0.717, 1.165) is 12.8 Å². The van der Waals surface area contributed by atoms with Gasteiger partial charge in [0.1, 0.15) is 0 Å².